The Labute approximate surface area is 223 Å². The van der Waals surface area contributed by atoms with E-state index in [9.17, 15) is 9.90 Å². The maximum atomic E-state index is 12.9. The standard InChI is InChI=1S/C28H38N2O6S/c1-19(2)16-30(37-22-11-9-21(33-3)10-12-22)17-25(31)24(15-20-7-5-4-6-8-20)29-28(32)36-26-18-35-27-23(26)13-14-34-27/h4-12,19,23-27,31H,13-18H2,1-3H3,(H,29,32)/t23-,24-,25+,26-,27+/m0/s1. The van der Waals surface area contributed by atoms with E-state index in [0.717, 1.165) is 29.2 Å². The Balaban J connectivity index is 1.42. The van der Waals surface area contributed by atoms with Crippen LogP contribution in [0.5, 0.6) is 5.75 Å². The Bertz CT molecular complexity index is 976. The number of nitrogens with zero attached hydrogens (tertiary/aromatic N) is 1. The molecule has 8 nitrogen and oxygen atoms in total. The number of ether oxygens (including phenoxy) is 4. The van der Waals surface area contributed by atoms with Gasteiger partial charge in [-0.25, -0.2) is 9.10 Å². The quantitative estimate of drug-likeness (QED) is 0.396. The van der Waals surface area contributed by atoms with Gasteiger partial charge in [0, 0.05) is 18.0 Å². The average molecular weight is 531 g/mol. The second kappa shape index (κ2) is 13.5. The third kappa shape index (κ3) is 8.09. The molecule has 2 aromatic rings. The van der Waals surface area contributed by atoms with Gasteiger partial charge in [0.05, 0.1) is 38.4 Å². The lowest BCUT2D eigenvalue weighted by Gasteiger charge is -2.30. The minimum absolute atomic E-state index is 0.0608. The molecule has 5 atom stereocenters. The highest BCUT2D eigenvalue weighted by Crippen LogP contribution is 2.33. The zero-order valence-electron chi connectivity index (χ0n) is 21.7. The summed E-state index contributed by atoms with van der Waals surface area (Å²) in [6.45, 7) is 6.39. The Kier molecular flexibility index (Phi) is 10.1. The molecule has 1 amide bonds. The highest BCUT2D eigenvalue weighted by Gasteiger charge is 2.44. The first-order chi connectivity index (χ1) is 17.9. The molecule has 0 spiro atoms. The van der Waals surface area contributed by atoms with Crippen LogP contribution in [-0.4, -0.2) is 73.5 Å². The Morgan fingerprint density at radius 3 is 2.59 bits per heavy atom. The number of fused-ring (bicyclic) bond motifs is 1. The molecule has 2 aliphatic heterocycles. The van der Waals surface area contributed by atoms with E-state index in [1.54, 1.807) is 19.1 Å². The molecule has 37 heavy (non-hydrogen) atoms. The van der Waals surface area contributed by atoms with Gasteiger partial charge < -0.3 is 29.4 Å². The summed E-state index contributed by atoms with van der Waals surface area (Å²) < 4.78 is 24.3. The third-order valence-electron chi connectivity index (χ3n) is 6.56. The van der Waals surface area contributed by atoms with Crippen molar-refractivity contribution in [1.29, 1.82) is 0 Å². The number of alkyl carbamates (subject to hydrolysis) is 1. The van der Waals surface area contributed by atoms with Crippen molar-refractivity contribution in [3.05, 3.63) is 60.2 Å². The summed E-state index contributed by atoms with van der Waals surface area (Å²) in [6, 6.07) is 17.2. The van der Waals surface area contributed by atoms with Crippen LogP contribution in [-0.2, 0) is 20.6 Å². The molecule has 2 heterocycles. The van der Waals surface area contributed by atoms with E-state index >= 15 is 0 Å². The van der Waals surface area contributed by atoms with Crippen LogP contribution < -0.4 is 10.1 Å². The summed E-state index contributed by atoms with van der Waals surface area (Å²) in [5.74, 6) is 1.26. The Morgan fingerprint density at radius 2 is 1.89 bits per heavy atom. The van der Waals surface area contributed by atoms with E-state index in [1.807, 2.05) is 54.6 Å². The number of nitrogens with one attached hydrogen (secondary N) is 1. The van der Waals surface area contributed by atoms with Gasteiger partial charge in [0.1, 0.15) is 11.9 Å². The molecule has 0 saturated carbocycles. The first kappa shape index (κ1) is 27.7. The lowest BCUT2D eigenvalue weighted by atomic mass is 10.0. The van der Waals surface area contributed by atoms with Crippen LogP contribution in [0.1, 0.15) is 25.8 Å². The SMILES string of the molecule is COc1ccc(SN(CC(C)C)C[C@@H](O)[C@H](Cc2ccccc2)NC(=O)O[C@H]2CO[C@H]3OCC[C@H]32)cc1. The highest BCUT2D eigenvalue weighted by atomic mass is 32.2. The molecule has 0 aromatic heterocycles. The molecule has 2 saturated heterocycles. The summed E-state index contributed by atoms with van der Waals surface area (Å²) in [5, 5.41) is 14.3. The van der Waals surface area contributed by atoms with E-state index in [0.29, 0.717) is 32.1 Å². The number of benzene rings is 2. The molecule has 0 unspecified atom stereocenters. The fraction of sp³-hybridized carbons (Fsp3) is 0.536. The second-order valence-corrected chi connectivity index (χ2v) is 11.2. The van der Waals surface area contributed by atoms with Crippen molar-refractivity contribution < 1.29 is 28.8 Å². The number of hydrogen-bond acceptors (Lipinski definition) is 8. The molecule has 2 aromatic carbocycles. The number of carbonyl (C=O) groups is 1. The minimum Gasteiger partial charge on any atom is -0.497 e. The van der Waals surface area contributed by atoms with Gasteiger partial charge in [-0.2, -0.15) is 0 Å². The van der Waals surface area contributed by atoms with Gasteiger partial charge in [-0.3, -0.25) is 0 Å². The van der Waals surface area contributed by atoms with E-state index < -0.39 is 18.2 Å². The van der Waals surface area contributed by atoms with Crippen LogP contribution in [0.2, 0.25) is 0 Å². The Morgan fingerprint density at radius 1 is 1.14 bits per heavy atom. The van der Waals surface area contributed by atoms with Gasteiger partial charge in [0.15, 0.2) is 6.29 Å². The van der Waals surface area contributed by atoms with Crippen LogP contribution >= 0.6 is 11.9 Å². The van der Waals surface area contributed by atoms with E-state index in [1.165, 1.54) is 0 Å². The fourth-order valence-electron chi connectivity index (χ4n) is 4.70. The van der Waals surface area contributed by atoms with Crippen LogP contribution in [0.15, 0.2) is 59.5 Å². The van der Waals surface area contributed by atoms with Crippen molar-refractivity contribution in [2.24, 2.45) is 11.8 Å². The first-order valence-corrected chi connectivity index (χ1v) is 13.7. The first-order valence-electron chi connectivity index (χ1n) is 12.9. The van der Waals surface area contributed by atoms with Gasteiger partial charge in [0.25, 0.3) is 0 Å². The molecule has 202 valence electrons. The number of rotatable bonds is 12. The fourth-order valence-corrected chi connectivity index (χ4v) is 5.86. The lowest BCUT2D eigenvalue weighted by molar-refractivity contribution is -0.0907. The van der Waals surface area contributed by atoms with Crippen molar-refractivity contribution in [3.63, 3.8) is 0 Å². The minimum atomic E-state index is -0.820. The number of aliphatic hydroxyl groups is 1. The number of aliphatic hydroxyl groups excluding tert-OH is 1. The van der Waals surface area contributed by atoms with Crippen LogP contribution in [0.25, 0.3) is 0 Å². The van der Waals surface area contributed by atoms with E-state index in [2.05, 4.69) is 23.5 Å². The van der Waals surface area contributed by atoms with E-state index in [-0.39, 0.29) is 18.3 Å². The maximum absolute atomic E-state index is 12.9. The third-order valence-corrected chi connectivity index (χ3v) is 7.60. The van der Waals surface area contributed by atoms with Gasteiger partial charge in [-0.05, 0) is 60.5 Å². The molecule has 0 aliphatic carbocycles. The number of amides is 1. The molecule has 2 fully saturated rings. The zero-order chi connectivity index (χ0) is 26.2. The van der Waals surface area contributed by atoms with Gasteiger partial charge in [0.2, 0.25) is 0 Å². The number of hydrogen-bond donors (Lipinski definition) is 2. The topological polar surface area (TPSA) is 89.5 Å². The lowest BCUT2D eigenvalue weighted by Crippen LogP contribution is -2.50. The molecule has 9 heteroatoms. The van der Waals surface area contributed by atoms with Crippen molar-refractivity contribution >= 4 is 18.0 Å². The van der Waals surface area contributed by atoms with Gasteiger partial charge >= 0.3 is 6.09 Å². The summed E-state index contributed by atoms with van der Waals surface area (Å²) in [6.07, 6.45) is -0.700. The van der Waals surface area contributed by atoms with Gasteiger partial charge in [-0.15, -0.1) is 0 Å². The van der Waals surface area contributed by atoms with Crippen molar-refractivity contribution in [3.8, 4) is 5.75 Å². The van der Waals surface area contributed by atoms with Crippen molar-refractivity contribution in [2.75, 3.05) is 33.4 Å². The largest absolute Gasteiger partial charge is 0.497 e. The number of carbonyl (C=O) groups excluding carboxylic acids is 1. The average Bonchev–Trinajstić information content (AvgIpc) is 3.49. The monoisotopic (exact) mass is 530 g/mol. The van der Waals surface area contributed by atoms with Crippen LogP contribution in [0, 0.1) is 11.8 Å². The molecule has 0 radical (unpaired) electrons. The molecule has 2 N–H and O–H groups in total. The number of methoxy groups -OCH3 is 1. The van der Waals surface area contributed by atoms with Crippen molar-refractivity contribution in [2.45, 2.75) is 56.1 Å². The second-order valence-electron chi connectivity index (χ2n) is 9.98. The van der Waals surface area contributed by atoms with Crippen molar-refractivity contribution in [1.82, 2.24) is 9.62 Å². The Hall–Kier alpha value is -2.30. The normalized spacial score (nSPS) is 22.6. The molecule has 4 rings (SSSR count). The predicted octanol–water partition coefficient (Wildman–Crippen LogP) is 4.12. The predicted molar refractivity (Wildman–Crippen MR) is 142 cm³/mol. The molecule has 2 aliphatic rings. The van der Waals surface area contributed by atoms with Crippen LogP contribution in [0.4, 0.5) is 4.79 Å². The summed E-state index contributed by atoms with van der Waals surface area (Å²) in [4.78, 5) is 14.0. The maximum Gasteiger partial charge on any atom is 0.407 e. The van der Waals surface area contributed by atoms with Gasteiger partial charge in [-0.1, -0.05) is 44.2 Å². The smallest absolute Gasteiger partial charge is 0.407 e. The summed E-state index contributed by atoms with van der Waals surface area (Å²) in [7, 11) is 1.65. The van der Waals surface area contributed by atoms with E-state index in [4.69, 9.17) is 18.9 Å². The molecular weight excluding hydrogens is 492 g/mol. The highest BCUT2D eigenvalue weighted by molar-refractivity contribution is 7.97. The van der Waals surface area contributed by atoms with Crippen LogP contribution in [0.3, 0.4) is 0 Å². The molecular formula is C28H38N2O6S. The zero-order valence-corrected chi connectivity index (χ0v) is 22.6. The molecule has 0 bridgehead atoms. The summed E-state index contributed by atoms with van der Waals surface area (Å²) in [5.41, 5.74) is 1.03. The summed E-state index contributed by atoms with van der Waals surface area (Å²) >= 11 is 1.59.